The Morgan fingerprint density at radius 3 is 2.14 bits per heavy atom. The molecule has 4 rings (SSSR count). The van der Waals surface area contributed by atoms with Crippen molar-refractivity contribution in [2.75, 3.05) is 41.7 Å². The van der Waals surface area contributed by atoms with Gasteiger partial charge in [0.2, 0.25) is 5.91 Å². The Morgan fingerprint density at radius 1 is 0.829 bits per heavy atom. The lowest BCUT2D eigenvalue weighted by molar-refractivity contribution is -0.116. The maximum atomic E-state index is 12.3. The minimum atomic E-state index is 0.0435. The van der Waals surface area contributed by atoms with Crippen molar-refractivity contribution >= 4 is 63.5 Å². The van der Waals surface area contributed by atoms with Gasteiger partial charge in [-0.15, -0.1) is 0 Å². The number of aryl methyl sites for hydroxylation is 1. The standard InChI is InChI=1S/C27H28Cl2N4OS/c28-23-9-5-10-24(29)26(23)31-27(35)33-18-16-32(17-19-33)22-14-12-21(13-15-22)30-25(34)11-4-8-20-6-2-1-3-7-20/h1-3,5-7,9-10,12-15H,4,8,11,16-19H2,(H,30,34)(H,31,35). The molecule has 0 spiro atoms. The lowest BCUT2D eigenvalue weighted by Gasteiger charge is -2.37. The van der Waals surface area contributed by atoms with Crippen LogP contribution in [0.4, 0.5) is 17.1 Å². The summed E-state index contributed by atoms with van der Waals surface area (Å²) in [6, 6.07) is 23.6. The molecule has 2 N–H and O–H groups in total. The summed E-state index contributed by atoms with van der Waals surface area (Å²) < 4.78 is 0. The Hall–Kier alpha value is -2.80. The molecule has 1 heterocycles. The van der Waals surface area contributed by atoms with Crippen molar-refractivity contribution in [1.29, 1.82) is 0 Å². The molecule has 0 radical (unpaired) electrons. The summed E-state index contributed by atoms with van der Waals surface area (Å²) in [7, 11) is 0. The maximum Gasteiger partial charge on any atom is 0.224 e. The van der Waals surface area contributed by atoms with Crippen LogP contribution >= 0.6 is 35.4 Å². The molecule has 3 aromatic rings. The van der Waals surface area contributed by atoms with Gasteiger partial charge in [0.05, 0.1) is 15.7 Å². The molecule has 0 bridgehead atoms. The number of amides is 1. The predicted molar refractivity (Wildman–Crippen MR) is 151 cm³/mol. The average Bonchev–Trinajstić information content (AvgIpc) is 2.87. The van der Waals surface area contributed by atoms with Crippen LogP contribution in [-0.4, -0.2) is 42.1 Å². The zero-order valence-corrected chi connectivity index (χ0v) is 21.7. The zero-order valence-electron chi connectivity index (χ0n) is 19.3. The van der Waals surface area contributed by atoms with Crippen molar-refractivity contribution in [3.8, 4) is 0 Å². The van der Waals surface area contributed by atoms with Crippen LogP contribution in [-0.2, 0) is 11.2 Å². The first-order valence-electron chi connectivity index (χ1n) is 11.7. The number of nitrogens with one attached hydrogen (secondary N) is 2. The zero-order chi connectivity index (χ0) is 24.6. The third kappa shape index (κ3) is 7.10. The Kier molecular flexibility index (Phi) is 8.85. The van der Waals surface area contributed by atoms with Gasteiger partial charge in [0.25, 0.3) is 0 Å². The van der Waals surface area contributed by atoms with Gasteiger partial charge in [-0.05, 0) is 67.0 Å². The largest absolute Gasteiger partial charge is 0.368 e. The minimum Gasteiger partial charge on any atom is -0.368 e. The van der Waals surface area contributed by atoms with Gasteiger partial charge in [0, 0.05) is 44.0 Å². The van der Waals surface area contributed by atoms with E-state index in [2.05, 4.69) is 44.7 Å². The van der Waals surface area contributed by atoms with Crippen molar-refractivity contribution in [1.82, 2.24) is 4.90 Å². The van der Waals surface area contributed by atoms with Gasteiger partial charge in [0.15, 0.2) is 5.11 Å². The quantitative estimate of drug-likeness (QED) is 0.345. The van der Waals surface area contributed by atoms with Crippen LogP contribution < -0.4 is 15.5 Å². The highest BCUT2D eigenvalue weighted by molar-refractivity contribution is 7.80. The van der Waals surface area contributed by atoms with Crippen LogP contribution in [0.5, 0.6) is 0 Å². The number of nitrogens with zero attached hydrogens (tertiary/aromatic N) is 2. The molecular weight excluding hydrogens is 499 g/mol. The van der Waals surface area contributed by atoms with Crippen molar-refractivity contribution < 1.29 is 4.79 Å². The van der Waals surface area contributed by atoms with Gasteiger partial charge in [-0.25, -0.2) is 0 Å². The smallest absolute Gasteiger partial charge is 0.224 e. The van der Waals surface area contributed by atoms with Gasteiger partial charge in [0.1, 0.15) is 0 Å². The molecule has 5 nitrogen and oxygen atoms in total. The van der Waals surface area contributed by atoms with Crippen molar-refractivity contribution in [2.24, 2.45) is 0 Å². The van der Waals surface area contributed by atoms with Crippen LogP contribution in [0.15, 0.2) is 72.8 Å². The first-order chi connectivity index (χ1) is 17.0. The Labute approximate surface area is 222 Å². The van der Waals surface area contributed by atoms with Crippen LogP contribution in [0.25, 0.3) is 0 Å². The highest BCUT2D eigenvalue weighted by atomic mass is 35.5. The number of piperazine rings is 1. The van der Waals surface area contributed by atoms with Gasteiger partial charge >= 0.3 is 0 Å². The number of thiocarbonyl (C=S) groups is 1. The summed E-state index contributed by atoms with van der Waals surface area (Å²) in [5.41, 5.74) is 3.84. The first kappa shape index (κ1) is 25.3. The lowest BCUT2D eigenvalue weighted by atomic mass is 10.1. The molecular formula is C27H28Cl2N4OS. The van der Waals surface area contributed by atoms with Gasteiger partial charge in [-0.1, -0.05) is 59.6 Å². The van der Waals surface area contributed by atoms with E-state index >= 15 is 0 Å². The number of benzene rings is 3. The fourth-order valence-electron chi connectivity index (χ4n) is 4.05. The number of hydrogen-bond donors (Lipinski definition) is 2. The predicted octanol–water partition coefficient (Wildman–Crippen LogP) is 6.47. The molecule has 0 aliphatic carbocycles. The summed E-state index contributed by atoms with van der Waals surface area (Å²) in [5.74, 6) is 0.0435. The van der Waals surface area contributed by atoms with Gasteiger partial charge in [-0.2, -0.15) is 0 Å². The van der Waals surface area contributed by atoms with Crippen LogP contribution in [0.3, 0.4) is 0 Å². The topological polar surface area (TPSA) is 47.6 Å². The third-order valence-corrected chi connectivity index (χ3v) is 6.98. The molecule has 0 aromatic heterocycles. The van der Waals surface area contributed by atoms with E-state index in [0.717, 1.165) is 50.4 Å². The van der Waals surface area contributed by atoms with E-state index in [1.165, 1.54) is 5.56 Å². The molecule has 35 heavy (non-hydrogen) atoms. The van der Waals surface area contributed by atoms with Gasteiger partial charge in [-0.3, -0.25) is 4.79 Å². The number of anilines is 3. The summed E-state index contributed by atoms with van der Waals surface area (Å²) in [6.07, 6.45) is 2.24. The second-order valence-corrected chi connectivity index (χ2v) is 9.64. The van der Waals surface area contributed by atoms with E-state index in [9.17, 15) is 4.79 Å². The number of carbonyl (C=O) groups is 1. The highest BCUT2D eigenvalue weighted by Crippen LogP contribution is 2.30. The summed E-state index contributed by atoms with van der Waals surface area (Å²) in [6.45, 7) is 3.24. The Morgan fingerprint density at radius 2 is 1.49 bits per heavy atom. The van der Waals surface area contributed by atoms with E-state index in [1.54, 1.807) is 18.2 Å². The molecule has 1 aliphatic heterocycles. The number of carbonyl (C=O) groups excluding carboxylic acids is 1. The number of para-hydroxylation sites is 1. The number of halogens is 2. The normalized spacial score (nSPS) is 13.4. The van der Waals surface area contributed by atoms with E-state index in [4.69, 9.17) is 35.4 Å². The highest BCUT2D eigenvalue weighted by Gasteiger charge is 2.20. The molecule has 8 heteroatoms. The molecule has 1 aliphatic rings. The Bertz CT molecular complexity index is 1130. The van der Waals surface area contributed by atoms with Gasteiger partial charge < -0.3 is 20.4 Å². The molecule has 0 unspecified atom stereocenters. The second-order valence-electron chi connectivity index (χ2n) is 8.44. The monoisotopic (exact) mass is 526 g/mol. The van der Waals surface area contributed by atoms with Crippen molar-refractivity contribution in [2.45, 2.75) is 19.3 Å². The summed E-state index contributed by atoms with van der Waals surface area (Å²) >= 11 is 18.1. The molecule has 1 fully saturated rings. The summed E-state index contributed by atoms with van der Waals surface area (Å²) in [4.78, 5) is 16.7. The molecule has 0 atom stereocenters. The van der Waals surface area contributed by atoms with E-state index in [1.807, 2.05) is 30.3 Å². The van der Waals surface area contributed by atoms with Crippen molar-refractivity contribution in [3.05, 3.63) is 88.4 Å². The molecule has 0 saturated carbocycles. The minimum absolute atomic E-state index is 0.0435. The fraction of sp³-hybridized carbons (Fsp3) is 0.259. The molecule has 1 saturated heterocycles. The van der Waals surface area contributed by atoms with Crippen LogP contribution in [0.2, 0.25) is 10.0 Å². The first-order valence-corrected chi connectivity index (χ1v) is 12.8. The SMILES string of the molecule is O=C(CCCc1ccccc1)Nc1ccc(N2CCN(C(=S)Nc3c(Cl)cccc3Cl)CC2)cc1. The fourth-order valence-corrected chi connectivity index (χ4v) is 4.82. The van der Waals surface area contributed by atoms with Crippen LogP contribution in [0, 0.1) is 0 Å². The van der Waals surface area contributed by atoms with Crippen LogP contribution in [0.1, 0.15) is 18.4 Å². The molecule has 3 aromatic carbocycles. The number of hydrogen-bond acceptors (Lipinski definition) is 3. The maximum absolute atomic E-state index is 12.3. The van der Waals surface area contributed by atoms with Crippen molar-refractivity contribution in [3.63, 3.8) is 0 Å². The van der Waals surface area contributed by atoms with E-state index < -0.39 is 0 Å². The number of rotatable bonds is 7. The average molecular weight is 528 g/mol. The second kappa shape index (κ2) is 12.2. The Balaban J connectivity index is 1.22. The van der Waals surface area contributed by atoms with E-state index in [-0.39, 0.29) is 5.91 Å². The lowest BCUT2D eigenvalue weighted by Crippen LogP contribution is -2.50. The van der Waals surface area contributed by atoms with E-state index in [0.29, 0.717) is 27.3 Å². The molecule has 1 amide bonds. The summed E-state index contributed by atoms with van der Waals surface area (Å²) in [5, 5.41) is 7.89. The molecule has 182 valence electrons. The third-order valence-electron chi connectivity index (χ3n) is 5.99.